The van der Waals surface area contributed by atoms with E-state index in [-0.39, 0.29) is 23.7 Å². The molecule has 0 unspecified atom stereocenters. The van der Waals surface area contributed by atoms with Crippen LogP contribution in [0.5, 0.6) is 5.75 Å². The van der Waals surface area contributed by atoms with Gasteiger partial charge >= 0.3 is 0 Å². The lowest BCUT2D eigenvalue weighted by Crippen LogP contribution is -3.30. The summed E-state index contributed by atoms with van der Waals surface area (Å²) in [5.41, 5.74) is 1.31. The number of quaternary nitrogens is 2. The van der Waals surface area contributed by atoms with Gasteiger partial charge in [-0.25, -0.2) is 4.39 Å². The van der Waals surface area contributed by atoms with Gasteiger partial charge in [-0.2, -0.15) is 0 Å². The molecule has 2 amide bonds. The van der Waals surface area contributed by atoms with Gasteiger partial charge in [0.05, 0.1) is 7.11 Å². The number of carbonyl (C=O) groups excluding carboxylic acids is 2. The lowest BCUT2D eigenvalue weighted by atomic mass is 10.2. The van der Waals surface area contributed by atoms with Crippen LogP contribution in [-0.2, 0) is 9.59 Å². The zero-order valence-corrected chi connectivity index (χ0v) is 17.3. The minimum atomic E-state index is -0.331. The number of hydrogen-bond acceptors (Lipinski definition) is 3. The van der Waals surface area contributed by atoms with Crippen LogP contribution in [0.4, 0.5) is 15.8 Å². The third kappa shape index (κ3) is 6.01. The van der Waals surface area contributed by atoms with Crippen LogP contribution in [0.1, 0.15) is 6.92 Å². The Bertz CT molecular complexity index is 867. The Kier molecular flexibility index (Phi) is 7.37. The van der Waals surface area contributed by atoms with Crippen LogP contribution in [0.25, 0.3) is 0 Å². The smallest absolute Gasteiger partial charge is 0.282 e. The quantitative estimate of drug-likeness (QED) is 0.496. The SMILES string of the molecule is COc1cccc(NC(=O)[C@@H](C)[NH+]2CC[NH+](CC(=O)Nc3ccc(F)cc3)CC2)c1. The van der Waals surface area contributed by atoms with Crippen molar-refractivity contribution in [3.63, 3.8) is 0 Å². The summed E-state index contributed by atoms with van der Waals surface area (Å²) in [5, 5.41) is 5.75. The Hall–Kier alpha value is -2.97. The van der Waals surface area contributed by atoms with Crippen LogP contribution in [0.15, 0.2) is 48.5 Å². The summed E-state index contributed by atoms with van der Waals surface area (Å²) in [4.78, 5) is 27.3. The molecule has 0 spiro atoms. The predicted molar refractivity (Wildman–Crippen MR) is 112 cm³/mol. The molecule has 1 fully saturated rings. The van der Waals surface area contributed by atoms with E-state index in [1.807, 2.05) is 25.1 Å². The minimum Gasteiger partial charge on any atom is -0.497 e. The van der Waals surface area contributed by atoms with Crippen LogP contribution in [0, 0.1) is 5.82 Å². The van der Waals surface area contributed by atoms with Crippen LogP contribution >= 0.6 is 0 Å². The van der Waals surface area contributed by atoms with E-state index in [0.717, 1.165) is 26.2 Å². The van der Waals surface area contributed by atoms with Crippen molar-refractivity contribution < 1.29 is 28.5 Å². The first-order chi connectivity index (χ1) is 14.4. The largest absolute Gasteiger partial charge is 0.497 e. The minimum absolute atomic E-state index is 0.0317. The number of anilines is 2. The van der Waals surface area contributed by atoms with Crippen molar-refractivity contribution in [1.29, 1.82) is 0 Å². The molecule has 1 atom stereocenters. The summed E-state index contributed by atoms with van der Waals surface area (Å²) in [7, 11) is 1.59. The molecule has 4 N–H and O–H groups in total. The van der Waals surface area contributed by atoms with Crippen LogP contribution in [0.2, 0.25) is 0 Å². The predicted octanol–water partition coefficient (Wildman–Crippen LogP) is -0.417. The topological polar surface area (TPSA) is 76.3 Å². The number of rotatable bonds is 7. The molecule has 0 saturated carbocycles. The van der Waals surface area contributed by atoms with Crippen molar-refractivity contribution in [1.82, 2.24) is 0 Å². The van der Waals surface area contributed by atoms with E-state index in [2.05, 4.69) is 10.6 Å². The Labute approximate surface area is 175 Å². The molecule has 30 heavy (non-hydrogen) atoms. The maximum Gasteiger partial charge on any atom is 0.282 e. The molecule has 3 rings (SSSR count). The summed E-state index contributed by atoms with van der Waals surface area (Å²) in [6.45, 7) is 5.52. The van der Waals surface area contributed by atoms with E-state index in [4.69, 9.17) is 4.74 Å². The van der Waals surface area contributed by atoms with Crippen LogP contribution in [-0.4, -0.2) is 57.7 Å². The monoisotopic (exact) mass is 416 g/mol. The summed E-state index contributed by atoms with van der Waals surface area (Å²) in [6.07, 6.45) is 0. The highest BCUT2D eigenvalue weighted by Crippen LogP contribution is 2.16. The molecule has 0 bridgehead atoms. The van der Waals surface area contributed by atoms with Gasteiger partial charge in [-0.05, 0) is 43.3 Å². The fraction of sp³-hybridized carbons (Fsp3) is 0.364. The molecular weight excluding hydrogens is 387 g/mol. The van der Waals surface area contributed by atoms with E-state index in [1.165, 1.54) is 21.9 Å². The highest BCUT2D eigenvalue weighted by Gasteiger charge is 2.31. The Morgan fingerprint density at radius 1 is 1.03 bits per heavy atom. The van der Waals surface area contributed by atoms with Crippen molar-refractivity contribution in [2.24, 2.45) is 0 Å². The number of methoxy groups -OCH3 is 1. The van der Waals surface area contributed by atoms with Crippen LogP contribution in [0.3, 0.4) is 0 Å². The Morgan fingerprint density at radius 3 is 2.40 bits per heavy atom. The summed E-state index contributed by atoms with van der Waals surface area (Å²) < 4.78 is 18.1. The number of carbonyl (C=O) groups is 2. The normalized spacial score (nSPS) is 19.6. The Balaban J connectivity index is 1.44. The van der Waals surface area contributed by atoms with Gasteiger partial charge in [-0.15, -0.1) is 0 Å². The first-order valence-corrected chi connectivity index (χ1v) is 10.1. The van der Waals surface area contributed by atoms with Gasteiger partial charge in [-0.1, -0.05) is 6.07 Å². The van der Waals surface area contributed by atoms with Crippen molar-refractivity contribution in [3.05, 3.63) is 54.3 Å². The van der Waals surface area contributed by atoms with Gasteiger partial charge in [-0.3, -0.25) is 9.59 Å². The highest BCUT2D eigenvalue weighted by atomic mass is 19.1. The molecule has 8 heteroatoms. The van der Waals surface area contributed by atoms with Crippen molar-refractivity contribution in [2.45, 2.75) is 13.0 Å². The zero-order valence-electron chi connectivity index (χ0n) is 17.3. The maximum absolute atomic E-state index is 13.0. The molecule has 1 aliphatic heterocycles. The van der Waals surface area contributed by atoms with Crippen LogP contribution < -0.4 is 25.2 Å². The molecule has 1 aliphatic rings. The van der Waals surface area contributed by atoms with E-state index < -0.39 is 0 Å². The standard InChI is InChI=1S/C22H27FN4O3/c1-16(22(29)25-19-4-3-5-20(14-19)30-2)27-12-10-26(11-13-27)15-21(28)24-18-8-6-17(23)7-9-18/h3-9,14,16H,10-13,15H2,1-2H3,(H,24,28)(H,25,29)/p+2/t16-/m1/s1. The van der Waals surface area contributed by atoms with Gasteiger partial charge < -0.3 is 25.2 Å². The second-order valence-electron chi connectivity index (χ2n) is 7.58. The lowest BCUT2D eigenvalue weighted by molar-refractivity contribution is -1.01. The second kappa shape index (κ2) is 10.2. The van der Waals surface area contributed by atoms with E-state index in [0.29, 0.717) is 23.7 Å². The Morgan fingerprint density at radius 2 is 1.73 bits per heavy atom. The first kappa shape index (κ1) is 21.7. The number of nitrogens with one attached hydrogen (secondary N) is 4. The number of hydrogen-bond donors (Lipinski definition) is 4. The van der Waals surface area contributed by atoms with Gasteiger partial charge in [0.15, 0.2) is 12.6 Å². The summed E-state index contributed by atoms with van der Waals surface area (Å²) in [6, 6.07) is 12.9. The summed E-state index contributed by atoms with van der Waals surface area (Å²) in [5.74, 6) is 0.242. The molecule has 7 nitrogen and oxygen atoms in total. The third-order valence-corrected chi connectivity index (χ3v) is 5.48. The second-order valence-corrected chi connectivity index (χ2v) is 7.58. The van der Waals surface area contributed by atoms with Crippen molar-refractivity contribution in [2.75, 3.05) is 50.5 Å². The number of amides is 2. The molecule has 2 aromatic rings. The van der Waals surface area contributed by atoms with Gasteiger partial charge in [0, 0.05) is 17.4 Å². The van der Waals surface area contributed by atoms with Crippen molar-refractivity contribution >= 4 is 23.2 Å². The van der Waals surface area contributed by atoms with E-state index in [9.17, 15) is 14.0 Å². The molecule has 160 valence electrons. The van der Waals surface area contributed by atoms with E-state index in [1.54, 1.807) is 25.3 Å². The fourth-order valence-electron chi connectivity index (χ4n) is 3.64. The molecular formula is C22H29FN4O3+2. The average Bonchev–Trinajstić information content (AvgIpc) is 2.75. The number of halogens is 1. The van der Waals surface area contributed by atoms with Gasteiger partial charge in [0.1, 0.15) is 37.7 Å². The molecule has 1 saturated heterocycles. The summed E-state index contributed by atoms with van der Waals surface area (Å²) >= 11 is 0. The molecule has 0 aromatic heterocycles. The molecule has 1 heterocycles. The molecule has 2 aromatic carbocycles. The lowest BCUT2D eigenvalue weighted by Gasteiger charge is -2.32. The number of ether oxygens (including phenoxy) is 1. The fourth-order valence-corrected chi connectivity index (χ4v) is 3.64. The van der Waals surface area contributed by atoms with Gasteiger partial charge in [0.2, 0.25) is 0 Å². The number of piperazine rings is 1. The zero-order chi connectivity index (χ0) is 21.5. The molecule has 0 radical (unpaired) electrons. The van der Waals surface area contributed by atoms with E-state index >= 15 is 0 Å². The maximum atomic E-state index is 13.0. The molecule has 0 aliphatic carbocycles. The highest BCUT2D eigenvalue weighted by molar-refractivity contribution is 5.93. The van der Waals surface area contributed by atoms with Gasteiger partial charge in [0.25, 0.3) is 11.8 Å². The first-order valence-electron chi connectivity index (χ1n) is 10.1. The number of benzene rings is 2. The average molecular weight is 416 g/mol. The van der Waals surface area contributed by atoms with Crippen molar-refractivity contribution in [3.8, 4) is 5.75 Å². The third-order valence-electron chi connectivity index (χ3n) is 5.48.